The van der Waals surface area contributed by atoms with Gasteiger partial charge in [-0.3, -0.25) is 9.59 Å². The summed E-state index contributed by atoms with van der Waals surface area (Å²) in [6, 6.07) is 12.1. The Hall–Kier alpha value is -5.00. The molecule has 0 atom stereocenters. The van der Waals surface area contributed by atoms with Crippen molar-refractivity contribution in [2.75, 3.05) is 84.9 Å². The molecule has 6 rings (SSSR count). The standard InChI is InChI=1S/C37H46N8O8/c1-26(46)39-8-11-49-13-15-51-17-19-52-18-16-50-14-12-48-10-7-33(47)44-9-6-28-20-27(2-3-30(28)23-44)22-45-37-34(36(38)40-24-41-37)35(43-45)29-4-5-32-31(21-29)42-25-53-32/h2-5,20-21,24-25H,6-19,22-23H2,1H3,(H,39,46)(H2,38,40,41). The van der Waals surface area contributed by atoms with Gasteiger partial charge in [-0.2, -0.15) is 5.10 Å². The normalized spacial score (nSPS) is 12.8. The number of fused-ring (bicyclic) bond motifs is 3. The van der Waals surface area contributed by atoms with Crippen molar-refractivity contribution in [3.8, 4) is 11.3 Å². The van der Waals surface area contributed by atoms with E-state index in [2.05, 4.69) is 38.5 Å². The summed E-state index contributed by atoms with van der Waals surface area (Å²) >= 11 is 0. The lowest BCUT2D eigenvalue weighted by molar-refractivity contribution is -0.133. The highest BCUT2D eigenvalue weighted by Crippen LogP contribution is 2.32. The Morgan fingerprint density at radius 1 is 0.849 bits per heavy atom. The third-order valence-corrected chi connectivity index (χ3v) is 8.70. The molecule has 0 spiro atoms. The van der Waals surface area contributed by atoms with Crippen LogP contribution >= 0.6 is 0 Å². The molecule has 0 fully saturated rings. The number of carbonyl (C=O) groups excluding carboxylic acids is 2. The first-order valence-electron chi connectivity index (χ1n) is 17.8. The van der Waals surface area contributed by atoms with Gasteiger partial charge in [0.25, 0.3) is 0 Å². The summed E-state index contributed by atoms with van der Waals surface area (Å²) in [6.07, 6.45) is 3.96. The number of carbonyl (C=O) groups is 2. The van der Waals surface area contributed by atoms with Crippen LogP contribution in [-0.4, -0.2) is 121 Å². The van der Waals surface area contributed by atoms with Crippen LogP contribution in [-0.2, 0) is 52.8 Å². The first kappa shape index (κ1) is 37.7. The first-order chi connectivity index (χ1) is 26.0. The van der Waals surface area contributed by atoms with Crippen LogP contribution in [0.2, 0.25) is 0 Å². The fourth-order valence-electron chi connectivity index (χ4n) is 6.04. The molecular weight excluding hydrogens is 684 g/mol. The van der Waals surface area contributed by atoms with Gasteiger partial charge in [0.2, 0.25) is 11.8 Å². The molecule has 282 valence electrons. The van der Waals surface area contributed by atoms with E-state index in [0.717, 1.165) is 28.6 Å². The summed E-state index contributed by atoms with van der Waals surface area (Å²) in [5.74, 6) is 0.366. The summed E-state index contributed by atoms with van der Waals surface area (Å²) in [5.41, 5.74) is 13.4. The number of anilines is 1. The van der Waals surface area contributed by atoms with Crippen molar-refractivity contribution in [2.45, 2.75) is 32.9 Å². The number of nitrogen functional groups attached to an aromatic ring is 1. The summed E-state index contributed by atoms with van der Waals surface area (Å²) in [7, 11) is 0. The zero-order valence-electron chi connectivity index (χ0n) is 30.0. The van der Waals surface area contributed by atoms with Crippen molar-refractivity contribution in [3.63, 3.8) is 0 Å². The van der Waals surface area contributed by atoms with Crippen LogP contribution in [0, 0.1) is 0 Å². The Labute approximate surface area is 306 Å². The van der Waals surface area contributed by atoms with E-state index in [1.165, 1.54) is 25.2 Å². The van der Waals surface area contributed by atoms with E-state index in [9.17, 15) is 9.59 Å². The molecule has 2 amide bonds. The number of aromatic nitrogens is 5. The molecule has 53 heavy (non-hydrogen) atoms. The minimum absolute atomic E-state index is 0.0705. The summed E-state index contributed by atoms with van der Waals surface area (Å²) in [5, 5.41) is 8.28. The van der Waals surface area contributed by atoms with Crippen LogP contribution in [0.5, 0.6) is 0 Å². The molecule has 1 aliphatic heterocycles. The Morgan fingerprint density at radius 2 is 1.57 bits per heavy atom. The number of nitrogens with two attached hydrogens (primary N) is 1. The van der Waals surface area contributed by atoms with Crippen molar-refractivity contribution in [2.24, 2.45) is 0 Å². The Bertz CT molecular complexity index is 1960. The van der Waals surface area contributed by atoms with Crippen molar-refractivity contribution in [1.29, 1.82) is 0 Å². The van der Waals surface area contributed by atoms with Crippen molar-refractivity contribution >= 4 is 39.8 Å². The molecule has 3 aromatic heterocycles. The van der Waals surface area contributed by atoms with Crippen molar-refractivity contribution < 1.29 is 37.7 Å². The predicted octanol–water partition coefficient (Wildman–Crippen LogP) is 2.76. The largest absolute Gasteiger partial charge is 0.443 e. The average molecular weight is 731 g/mol. The van der Waals surface area contributed by atoms with Gasteiger partial charge in [-0.15, -0.1) is 0 Å². The average Bonchev–Trinajstić information content (AvgIpc) is 3.79. The molecule has 0 radical (unpaired) electrons. The van der Waals surface area contributed by atoms with Gasteiger partial charge in [-0.1, -0.05) is 18.2 Å². The third kappa shape index (κ3) is 10.5. The zero-order valence-corrected chi connectivity index (χ0v) is 30.0. The highest BCUT2D eigenvalue weighted by Gasteiger charge is 2.22. The van der Waals surface area contributed by atoms with Crippen LogP contribution < -0.4 is 11.1 Å². The molecule has 0 saturated carbocycles. The number of hydrogen-bond donors (Lipinski definition) is 2. The summed E-state index contributed by atoms with van der Waals surface area (Å²) in [6.45, 7) is 8.11. The number of ether oxygens (including phenoxy) is 5. The quantitative estimate of drug-likeness (QED) is 0.105. The molecule has 0 bridgehead atoms. The van der Waals surface area contributed by atoms with Gasteiger partial charge < -0.3 is 44.1 Å². The van der Waals surface area contributed by atoms with E-state index < -0.39 is 0 Å². The van der Waals surface area contributed by atoms with Gasteiger partial charge in [0.05, 0.1) is 84.4 Å². The minimum Gasteiger partial charge on any atom is -0.443 e. The maximum absolute atomic E-state index is 13.0. The molecule has 0 aliphatic carbocycles. The number of benzene rings is 2. The Balaban J connectivity index is 0.868. The van der Waals surface area contributed by atoms with E-state index in [4.69, 9.17) is 38.9 Å². The van der Waals surface area contributed by atoms with Gasteiger partial charge in [0.15, 0.2) is 17.6 Å². The second-order valence-electron chi connectivity index (χ2n) is 12.5. The summed E-state index contributed by atoms with van der Waals surface area (Å²) < 4.78 is 34.7. The Morgan fingerprint density at radius 3 is 2.30 bits per heavy atom. The fourth-order valence-corrected chi connectivity index (χ4v) is 6.04. The highest BCUT2D eigenvalue weighted by molar-refractivity contribution is 5.99. The second-order valence-corrected chi connectivity index (χ2v) is 12.5. The number of nitrogens with zero attached hydrogens (tertiary/aromatic N) is 6. The lowest BCUT2D eigenvalue weighted by Crippen LogP contribution is -2.36. The first-order valence-corrected chi connectivity index (χ1v) is 17.8. The molecule has 16 nitrogen and oxygen atoms in total. The number of hydrogen-bond acceptors (Lipinski definition) is 13. The van der Waals surface area contributed by atoms with Crippen LogP contribution in [0.4, 0.5) is 5.82 Å². The van der Waals surface area contributed by atoms with Gasteiger partial charge in [0, 0.05) is 32.1 Å². The molecule has 1 aliphatic rings. The van der Waals surface area contributed by atoms with Crippen LogP contribution in [0.25, 0.3) is 33.4 Å². The smallest absolute Gasteiger partial charge is 0.225 e. The molecule has 2 aromatic carbocycles. The van der Waals surface area contributed by atoms with E-state index in [-0.39, 0.29) is 11.8 Å². The lowest BCUT2D eigenvalue weighted by Gasteiger charge is -2.29. The van der Waals surface area contributed by atoms with Crippen LogP contribution in [0.1, 0.15) is 30.0 Å². The van der Waals surface area contributed by atoms with Crippen molar-refractivity contribution in [3.05, 3.63) is 65.8 Å². The summed E-state index contributed by atoms with van der Waals surface area (Å²) in [4.78, 5) is 38.6. The number of amides is 2. The second kappa shape index (κ2) is 19.2. The SMILES string of the molecule is CC(=O)NCCOCCOCCOCCOCCOCCC(=O)N1CCc2cc(Cn3nc(-c4ccc5ocnc5c4)c4c(N)ncnc43)ccc2C1. The molecule has 4 heterocycles. The minimum atomic E-state index is -0.0705. The molecule has 0 unspecified atom stereocenters. The molecule has 16 heteroatoms. The topological polar surface area (TPSA) is 191 Å². The monoisotopic (exact) mass is 730 g/mol. The number of oxazole rings is 1. The maximum Gasteiger partial charge on any atom is 0.225 e. The van der Waals surface area contributed by atoms with Crippen LogP contribution in [0.15, 0.2) is 53.5 Å². The molecular formula is C37H46N8O8. The van der Waals surface area contributed by atoms with E-state index in [1.807, 2.05) is 27.8 Å². The van der Waals surface area contributed by atoms with Gasteiger partial charge in [0.1, 0.15) is 23.4 Å². The van der Waals surface area contributed by atoms with Gasteiger partial charge in [-0.25, -0.2) is 19.6 Å². The Kier molecular flexibility index (Phi) is 13.7. The van der Waals surface area contributed by atoms with E-state index in [0.29, 0.717) is 127 Å². The van der Waals surface area contributed by atoms with E-state index >= 15 is 0 Å². The molecule has 5 aromatic rings. The lowest BCUT2D eigenvalue weighted by atomic mass is 9.97. The van der Waals surface area contributed by atoms with Crippen LogP contribution in [0.3, 0.4) is 0 Å². The predicted molar refractivity (Wildman–Crippen MR) is 195 cm³/mol. The molecule has 0 saturated heterocycles. The zero-order chi connectivity index (χ0) is 36.8. The maximum atomic E-state index is 13.0. The third-order valence-electron chi connectivity index (χ3n) is 8.70. The van der Waals surface area contributed by atoms with Crippen molar-refractivity contribution in [1.82, 2.24) is 34.9 Å². The molecule has 3 N–H and O–H groups in total. The number of rotatable bonds is 21. The fraction of sp³-hybridized carbons (Fsp3) is 0.459. The van der Waals surface area contributed by atoms with E-state index in [1.54, 1.807) is 0 Å². The van der Waals surface area contributed by atoms with Gasteiger partial charge >= 0.3 is 0 Å². The van der Waals surface area contributed by atoms with Gasteiger partial charge in [-0.05, 0) is 41.3 Å². The highest BCUT2D eigenvalue weighted by atomic mass is 16.6. The number of nitrogens with one attached hydrogen (secondary N) is 1.